The molecule has 0 radical (unpaired) electrons. The minimum Gasteiger partial charge on any atom is -0.292 e. The Morgan fingerprint density at radius 1 is 1.55 bits per heavy atom. The van der Waals surface area contributed by atoms with Crippen LogP contribution in [0.1, 0.15) is 26.7 Å². The Morgan fingerprint density at radius 3 is 2.45 bits per heavy atom. The molecule has 11 heavy (non-hydrogen) atoms. The topological polar surface area (TPSA) is 3.24 Å². The Bertz CT molecular complexity index is 168. The Morgan fingerprint density at radius 2 is 2.09 bits per heavy atom. The molecule has 62 valence electrons. The standard InChI is InChI=1S/C10H17N/c1-5-6-11(4)9-7-10(2,3)8-9/h1,9H,6-8H2,2-4H3. The largest absolute Gasteiger partial charge is 0.292 e. The lowest BCUT2D eigenvalue weighted by molar-refractivity contribution is 0.0497. The van der Waals surface area contributed by atoms with Gasteiger partial charge in [0.15, 0.2) is 0 Å². The van der Waals surface area contributed by atoms with Crippen molar-refractivity contribution < 1.29 is 0 Å². The average Bonchev–Trinajstić information content (AvgIpc) is 1.83. The summed E-state index contributed by atoms with van der Waals surface area (Å²) in [5, 5.41) is 0. The lowest BCUT2D eigenvalue weighted by Crippen LogP contribution is -2.46. The van der Waals surface area contributed by atoms with Crippen LogP contribution in [-0.2, 0) is 0 Å². The molecule has 0 unspecified atom stereocenters. The molecule has 1 fully saturated rings. The first kappa shape index (κ1) is 8.62. The van der Waals surface area contributed by atoms with Crippen molar-refractivity contribution >= 4 is 0 Å². The molecule has 0 aromatic rings. The highest BCUT2D eigenvalue weighted by Gasteiger charge is 2.37. The van der Waals surface area contributed by atoms with Gasteiger partial charge >= 0.3 is 0 Å². The quantitative estimate of drug-likeness (QED) is 0.543. The summed E-state index contributed by atoms with van der Waals surface area (Å²) >= 11 is 0. The van der Waals surface area contributed by atoms with Crippen molar-refractivity contribution in [2.75, 3.05) is 13.6 Å². The fourth-order valence-corrected chi connectivity index (χ4v) is 1.80. The van der Waals surface area contributed by atoms with Gasteiger partial charge in [0.2, 0.25) is 0 Å². The van der Waals surface area contributed by atoms with Crippen LogP contribution in [0.2, 0.25) is 0 Å². The van der Waals surface area contributed by atoms with Crippen molar-refractivity contribution in [1.29, 1.82) is 0 Å². The monoisotopic (exact) mass is 151 g/mol. The van der Waals surface area contributed by atoms with Crippen LogP contribution in [0.3, 0.4) is 0 Å². The zero-order chi connectivity index (χ0) is 8.48. The fraction of sp³-hybridized carbons (Fsp3) is 0.800. The maximum atomic E-state index is 5.22. The summed E-state index contributed by atoms with van der Waals surface area (Å²) in [5.74, 6) is 2.67. The van der Waals surface area contributed by atoms with E-state index in [-0.39, 0.29) is 0 Å². The molecule has 1 heteroatoms. The summed E-state index contributed by atoms with van der Waals surface area (Å²) in [6, 6.07) is 0.737. The number of hydrogen-bond donors (Lipinski definition) is 0. The number of rotatable bonds is 2. The Balaban J connectivity index is 2.27. The fourth-order valence-electron chi connectivity index (χ4n) is 1.80. The smallest absolute Gasteiger partial charge is 0.0598 e. The van der Waals surface area contributed by atoms with E-state index < -0.39 is 0 Å². The second kappa shape index (κ2) is 2.87. The van der Waals surface area contributed by atoms with E-state index in [9.17, 15) is 0 Å². The predicted molar refractivity (Wildman–Crippen MR) is 48.3 cm³/mol. The van der Waals surface area contributed by atoms with Gasteiger partial charge in [-0.05, 0) is 25.3 Å². The highest BCUT2D eigenvalue weighted by molar-refractivity contribution is 4.96. The van der Waals surface area contributed by atoms with Gasteiger partial charge in [0, 0.05) is 6.04 Å². The highest BCUT2D eigenvalue weighted by Crippen LogP contribution is 2.42. The second-order valence-electron chi connectivity index (χ2n) is 4.35. The first-order valence-corrected chi connectivity index (χ1v) is 4.19. The number of nitrogens with zero attached hydrogens (tertiary/aromatic N) is 1. The van der Waals surface area contributed by atoms with E-state index in [0.717, 1.165) is 12.6 Å². The molecular formula is C10H17N. The second-order valence-corrected chi connectivity index (χ2v) is 4.35. The summed E-state index contributed by atoms with van der Waals surface area (Å²) in [7, 11) is 2.11. The molecule has 0 saturated heterocycles. The van der Waals surface area contributed by atoms with E-state index in [0.29, 0.717) is 5.41 Å². The van der Waals surface area contributed by atoms with Crippen molar-refractivity contribution in [1.82, 2.24) is 4.90 Å². The zero-order valence-corrected chi connectivity index (χ0v) is 7.72. The van der Waals surface area contributed by atoms with Crippen molar-refractivity contribution in [2.45, 2.75) is 32.7 Å². The normalized spacial score (nSPS) is 22.8. The highest BCUT2D eigenvalue weighted by atomic mass is 15.1. The first-order valence-electron chi connectivity index (χ1n) is 4.19. The summed E-state index contributed by atoms with van der Waals surface area (Å²) in [6.07, 6.45) is 7.82. The molecule has 1 aliphatic rings. The minimum absolute atomic E-state index is 0.563. The van der Waals surface area contributed by atoms with Gasteiger partial charge < -0.3 is 0 Å². The van der Waals surface area contributed by atoms with Gasteiger partial charge in [-0.1, -0.05) is 19.8 Å². The third-order valence-corrected chi connectivity index (χ3v) is 2.54. The minimum atomic E-state index is 0.563. The van der Waals surface area contributed by atoms with Gasteiger partial charge in [0.05, 0.1) is 6.54 Å². The molecule has 0 aliphatic heterocycles. The molecule has 0 bridgehead atoms. The molecule has 1 nitrogen and oxygen atoms in total. The summed E-state index contributed by atoms with van der Waals surface area (Å²) in [6.45, 7) is 5.42. The van der Waals surface area contributed by atoms with Gasteiger partial charge in [-0.25, -0.2) is 0 Å². The van der Waals surface area contributed by atoms with Crippen LogP contribution in [-0.4, -0.2) is 24.5 Å². The SMILES string of the molecule is C#CCN(C)C1CC(C)(C)C1. The molecule has 0 heterocycles. The van der Waals surface area contributed by atoms with E-state index in [1.807, 2.05) is 0 Å². The lowest BCUT2D eigenvalue weighted by Gasteiger charge is -2.46. The molecule has 0 aromatic carbocycles. The Kier molecular flexibility index (Phi) is 2.25. The van der Waals surface area contributed by atoms with Crippen LogP contribution in [0.25, 0.3) is 0 Å². The van der Waals surface area contributed by atoms with Crippen LogP contribution >= 0.6 is 0 Å². The van der Waals surface area contributed by atoms with Crippen LogP contribution < -0.4 is 0 Å². The van der Waals surface area contributed by atoms with E-state index in [4.69, 9.17) is 6.42 Å². The van der Waals surface area contributed by atoms with Gasteiger partial charge in [-0.2, -0.15) is 0 Å². The first-order chi connectivity index (χ1) is 5.05. The molecule has 0 N–H and O–H groups in total. The third kappa shape index (κ3) is 1.97. The third-order valence-electron chi connectivity index (χ3n) is 2.54. The lowest BCUT2D eigenvalue weighted by atomic mass is 9.68. The van der Waals surface area contributed by atoms with Gasteiger partial charge in [-0.15, -0.1) is 6.42 Å². The van der Waals surface area contributed by atoms with Crippen molar-refractivity contribution in [3.8, 4) is 12.3 Å². The number of hydrogen-bond acceptors (Lipinski definition) is 1. The zero-order valence-electron chi connectivity index (χ0n) is 7.72. The van der Waals surface area contributed by atoms with E-state index in [1.54, 1.807) is 0 Å². The van der Waals surface area contributed by atoms with Crippen molar-refractivity contribution in [2.24, 2.45) is 5.41 Å². The molecule has 0 spiro atoms. The van der Waals surface area contributed by atoms with E-state index in [2.05, 4.69) is 31.7 Å². The Labute approximate surface area is 69.8 Å². The predicted octanol–water partition coefficient (Wildman–Crippen LogP) is 1.74. The maximum absolute atomic E-state index is 5.22. The van der Waals surface area contributed by atoms with Crippen LogP contribution in [0.5, 0.6) is 0 Å². The van der Waals surface area contributed by atoms with Gasteiger partial charge in [0.1, 0.15) is 0 Å². The van der Waals surface area contributed by atoms with E-state index in [1.165, 1.54) is 12.8 Å². The van der Waals surface area contributed by atoms with Gasteiger partial charge in [-0.3, -0.25) is 4.90 Å². The average molecular weight is 151 g/mol. The number of terminal acetylenes is 1. The summed E-state index contributed by atoms with van der Waals surface area (Å²) in [5.41, 5.74) is 0.563. The molecular weight excluding hydrogens is 134 g/mol. The van der Waals surface area contributed by atoms with Crippen molar-refractivity contribution in [3.05, 3.63) is 0 Å². The Hall–Kier alpha value is -0.480. The van der Waals surface area contributed by atoms with Gasteiger partial charge in [0.25, 0.3) is 0 Å². The molecule has 0 atom stereocenters. The molecule has 1 rings (SSSR count). The molecule has 1 saturated carbocycles. The summed E-state index contributed by atoms with van der Waals surface area (Å²) in [4.78, 5) is 2.27. The van der Waals surface area contributed by atoms with Crippen molar-refractivity contribution in [3.63, 3.8) is 0 Å². The van der Waals surface area contributed by atoms with Crippen LogP contribution in [0, 0.1) is 17.8 Å². The van der Waals surface area contributed by atoms with Crippen LogP contribution in [0.15, 0.2) is 0 Å². The maximum Gasteiger partial charge on any atom is 0.0598 e. The molecule has 0 amide bonds. The molecule has 0 aromatic heterocycles. The van der Waals surface area contributed by atoms with E-state index >= 15 is 0 Å². The molecule has 1 aliphatic carbocycles. The summed E-state index contributed by atoms with van der Waals surface area (Å²) < 4.78 is 0. The van der Waals surface area contributed by atoms with Crippen LogP contribution in [0.4, 0.5) is 0 Å².